The van der Waals surface area contributed by atoms with E-state index >= 15 is 0 Å². The highest BCUT2D eigenvalue weighted by molar-refractivity contribution is 5.83. The van der Waals surface area contributed by atoms with E-state index in [-0.39, 0.29) is 18.2 Å². The topological polar surface area (TPSA) is 108 Å². The van der Waals surface area contributed by atoms with E-state index in [1.54, 1.807) is 0 Å². The van der Waals surface area contributed by atoms with Gasteiger partial charge in [-0.05, 0) is 51.2 Å². The molecular formula is C19H24N2O6. The van der Waals surface area contributed by atoms with Gasteiger partial charge in [0.25, 0.3) is 11.6 Å². The van der Waals surface area contributed by atoms with Gasteiger partial charge in [-0.15, -0.1) is 0 Å². The van der Waals surface area contributed by atoms with Crippen LogP contribution in [0.15, 0.2) is 35.9 Å². The molecule has 1 aliphatic carbocycles. The quantitative estimate of drug-likeness (QED) is 0.307. The van der Waals surface area contributed by atoms with Crippen LogP contribution in [0.5, 0.6) is 5.75 Å². The third-order valence-electron chi connectivity index (χ3n) is 4.21. The summed E-state index contributed by atoms with van der Waals surface area (Å²) in [5.41, 5.74) is 1.29. The molecule has 0 radical (unpaired) electrons. The fourth-order valence-electron chi connectivity index (χ4n) is 2.71. The first-order valence-electron chi connectivity index (χ1n) is 8.98. The van der Waals surface area contributed by atoms with Gasteiger partial charge in [-0.1, -0.05) is 11.6 Å². The standard InChI is InChI=1S/C19H24N2O6/c1-14(19(23)20-12-11-15-5-3-2-4-6-15)27-18(22)13-26-17-9-7-16(8-10-17)21(24)25/h5,7-10,14H,2-4,6,11-13H2,1H3,(H,20,23)/t14-/m0/s1. The summed E-state index contributed by atoms with van der Waals surface area (Å²) in [5.74, 6) is -0.739. The van der Waals surface area contributed by atoms with Gasteiger partial charge in [0.05, 0.1) is 4.92 Å². The van der Waals surface area contributed by atoms with Crippen molar-refractivity contribution >= 4 is 17.6 Å². The van der Waals surface area contributed by atoms with Crippen molar-refractivity contribution < 1.29 is 24.0 Å². The summed E-state index contributed by atoms with van der Waals surface area (Å²) < 4.78 is 10.2. The van der Waals surface area contributed by atoms with Crippen LogP contribution < -0.4 is 10.1 Å². The number of hydrogen-bond acceptors (Lipinski definition) is 6. The smallest absolute Gasteiger partial charge is 0.344 e. The van der Waals surface area contributed by atoms with Gasteiger partial charge in [-0.2, -0.15) is 0 Å². The Labute approximate surface area is 157 Å². The van der Waals surface area contributed by atoms with Crippen molar-refractivity contribution in [2.75, 3.05) is 13.2 Å². The van der Waals surface area contributed by atoms with E-state index < -0.39 is 17.0 Å². The molecule has 0 aromatic heterocycles. The molecule has 0 heterocycles. The first-order chi connectivity index (χ1) is 13.0. The number of ether oxygens (including phenoxy) is 2. The monoisotopic (exact) mass is 376 g/mol. The largest absolute Gasteiger partial charge is 0.482 e. The Bertz CT molecular complexity index is 699. The van der Waals surface area contributed by atoms with Gasteiger partial charge >= 0.3 is 5.97 Å². The second-order valence-corrected chi connectivity index (χ2v) is 6.32. The number of hydrogen-bond donors (Lipinski definition) is 1. The minimum atomic E-state index is -0.918. The molecule has 2 rings (SSSR count). The maximum atomic E-state index is 12.0. The number of rotatable bonds is 9. The molecule has 1 aliphatic rings. The van der Waals surface area contributed by atoms with Gasteiger partial charge in [0.15, 0.2) is 12.7 Å². The van der Waals surface area contributed by atoms with Crippen LogP contribution in [-0.2, 0) is 14.3 Å². The molecule has 0 bridgehead atoms. The van der Waals surface area contributed by atoms with Gasteiger partial charge in [-0.3, -0.25) is 14.9 Å². The minimum absolute atomic E-state index is 0.0702. The lowest BCUT2D eigenvalue weighted by atomic mass is 9.97. The van der Waals surface area contributed by atoms with Crippen molar-refractivity contribution in [3.63, 3.8) is 0 Å². The first-order valence-corrected chi connectivity index (χ1v) is 8.98. The molecule has 0 saturated carbocycles. The number of amides is 1. The number of nitrogens with zero attached hydrogens (tertiary/aromatic N) is 1. The second kappa shape index (κ2) is 10.3. The van der Waals surface area contributed by atoms with Crippen molar-refractivity contribution in [2.45, 2.75) is 45.1 Å². The molecule has 1 atom stereocenters. The number of non-ortho nitro benzene ring substituents is 1. The number of nitro benzene ring substituents is 1. The second-order valence-electron chi connectivity index (χ2n) is 6.32. The van der Waals surface area contributed by atoms with Crippen LogP contribution in [0.3, 0.4) is 0 Å². The van der Waals surface area contributed by atoms with Crippen LogP contribution >= 0.6 is 0 Å². The van der Waals surface area contributed by atoms with Crippen molar-refractivity contribution in [3.8, 4) is 5.75 Å². The van der Waals surface area contributed by atoms with Crippen LogP contribution in [-0.4, -0.2) is 36.1 Å². The van der Waals surface area contributed by atoms with Crippen LogP contribution in [0.2, 0.25) is 0 Å². The van der Waals surface area contributed by atoms with E-state index in [0.717, 1.165) is 19.3 Å². The first kappa shape index (κ1) is 20.4. The Morgan fingerprint density at radius 1 is 1.26 bits per heavy atom. The number of nitrogens with one attached hydrogen (secondary N) is 1. The lowest BCUT2D eigenvalue weighted by molar-refractivity contribution is -0.384. The lowest BCUT2D eigenvalue weighted by Gasteiger charge is -2.15. The summed E-state index contributed by atoms with van der Waals surface area (Å²) in [7, 11) is 0. The van der Waals surface area contributed by atoms with E-state index in [2.05, 4.69) is 11.4 Å². The summed E-state index contributed by atoms with van der Waals surface area (Å²) in [6.45, 7) is 1.63. The summed E-state index contributed by atoms with van der Waals surface area (Å²) in [6, 6.07) is 5.33. The van der Waals surface area contributed by atoms with E-state index in [1.165, 1.54) is 49.6 Å². The van der Waals surface area contributed by atoms with Crippen molar-refractivity contribution in [3.05, 3.63) is 46.0 Å². The molecule has 0 fully saturated rings. The van der Waals surface area contributed by atoms with E-state index in [0.29, 0.717) is 12.3 Å². The average Bonchev–Trinajstić information content (AvgIpc) is 2.67. The maximum Gasteiger partial charge on any atom is 0.344 e. The Morgan fingerprint density at radius 2 is 2.00 bits per heavy atom. The Kier molecular flexibility index (Phi) is 7.79. The summed E-state index contributed by atoms with van der Waals surface area (Å²) in [5, 5.41) is 13.3. The zero-order valence-corrected chi connectivity index (χ0v) is 15.3. The zero-order chi connectivity index (χ0) is 19.6. The van der Waals surface area contributed by atoms with E-state index in [9.17, 15) is 19.7 Å². The van der Waals surface area contributed by atoms with Gasteiger partial charge in [0.1, 0.15) is 5.75 Å². The van der Waals surface area contributed by atoms with Crippen LogP contribution in [0, 0.1) is 10.1 Å². The van der Waals surface area contributed by atoms with Gasteiger partial charge in [0, 0.05) is 18.7 Å². The average molecular weight is 376 g/mol. The molecule has 0 spiro atoms. The lowest BCUT2D eigenvalue weighted by Crippen LogP contribution is -2.37. The molecule has 1 amide bonds. The zero-order valence-electron chi connectivity index (χ0n) is 15.3. The summed E-state index contributed by atoms with van der Waals surface area (Å²) >= 11 is 0. The fraction of sp³-hybridized carbons (Fsp3) is 0.474. The highest BCUT2D eigenvalue weighted by atomic mass is 16.6. The minimum Gasteiger partial charge on any atom is -0.482 e. The highest BCUT2D eigenvalue weighted by Gasteiger charge is 2.18. The van der Waals surface area contributed by atoms with Crippen molar-refractivity contribution in [1.82, 2.24) is 5.32 Å². The molecule has 1 N–H and O–H groups in total. The molecule has 1 aromatic carbocycles. The molecule has 1 aromatic rings. The number of carbonyl (C=O) groups is 2. The third-order valence-corrected chi connectivity index (χ3v) is 4.21. The molecule has 146 valence electrons. The van der Waals surface area contributed by atoms with Gasteiger partial charge in [0.2, 0.25) is 0 Å². The molecule has 27 heavy (non-hydrogen) atoms. The van der Waals surface area contributed by atoms with Crippen LogP contribution in [0.1, 0.15) is 39.0 Å². The van der Waals surface area contributed by atoms with E-state index in [1.807, 2.05) is 0 Å². The van der Waals surface area contributed by atoms with Crippen LogP contribution in [0.25, 0.3) is 0 Å². The molecule has 0 unspecified atom stereocenters. The molecule has 0 saturated heterocycles. The van der Waals surface area contributed by atoms with Crippen LogP contribution in [0.4, 0.5) is 5.69 Å². The van der Waals surface area contributed by atoms with Gasteiger partial charge in [-0.25, -0.2) is 4.79 Å². The fourth-order valence-corrected chi connectivity index (χ4v) is 2.71. The third kappa shape index (κ3) is 7.08. The number of nitro groups is 1. The molecule has 8 nitrogen and oxygen atoms in total. The number of benzene rings is 1. The number of carbonyl (C=O) groups excluding carboxylic acids is 2. The molecule has 8 heteroatoms. The van der Waals surface area contributed by atoms with Gasteiger partial charge < -0.3 is 14.8 Å². The number of allylic oxidation sites excluding steroid dienone is 1. The van der Waals surface area contributed by atoms with Crippen molar-refractivity contribution in [2.24, 2.45) is 0 Å². The Balaban J connectivity index is 1.66. The highest BCUT2D eigenvalue weighted by Crippen LogP contribution is 2.19. The normalized spacial score (nSPS) is 14.6. The summed E-state index contributed by atoms with van der Waals surface area (Å²) in [4.78, 5) is 33.8. The van der Waals surface area contributed by atoms with Crippen molar-refractivity contribution in [1.29, 1.82) is 0 Å². The maximum absolute atomic E-state index is 12.0. The predicted molar refractivity (Wildman–Crippen MR) is 98.3 cm³/mol. The number of esters is 1. The SMILES string of the molecule is C[C@H](OC(=O)COc1ccc([N+](=O)[O-])cc1)C(=O)NCCC1=CCCCC1. The Hall–Kier alpha value is -2.90. The molecular weight excluding hydrogens is 352 g/mol. The van der Waals surface area contributed by atoms with E-state index in [4.69, 9.17) is 9.47 Å². The predicted octanol–water partition coefficient (Wildman–Crippen LogP) is 2.91. The molecule has 0 aliphatic heterocycles. The Morgan fingerprint density at radius 3 is 2.63 bits per heavy atom. The summed E-state index contributed by atoms with van der Waals surface area (Å²) in [6.07, 6.45) is 6.74.